The Balaban J connectivity index is 1.18. The molecule has 2 saturated carbocycles. The second-order valence-electron chi connectivity index (χ2n) is 12.5. The molecular weight excluding hydrogens is 572 g/mol. The number of benzene rings is 1. The Bertz CT molecular complexity index is 1990. The lowest BCUT2D eigenvalue weighted by atomic mass is 10.1. The van der Waals surface area contributed by atoms with Crippen LogP contribution in [0.4, 0.5) is 11.5 Å². The number of carbonyl (C=O) groups is 2. The monoisotopic (exact) mass is 606 g/mol. The molecule has 3 aliphatic rings. The molecule has 2 bridgehead atoms. The first-order chi connectivity index (χ1) is 21.8. The molecule has 5 N–H and O–H groups in total. The number of hydrogen-bond acceptors (Lipinski definition) is 9. The van der Waals surface area contributed by atoms with Crippen LogP contribution in [-0.2, 0) is 13.6 Å². The number of amides is 2. The summed E-state index contributed by atoms with van der Waals surface area (Å²) in [6.45, 7) is 1.52. The molecule has 13 nitrogen and oxygen atoms in total. The van der Waals surface area contributed by atoms with E-state index < -0.39 is 5.91 Å². The Hall–Kier alpha value is -5.04. The number of nitrogens with two attached hydrogens (primary N) is 2. The summed E-state index contributed by atoms with van der Waals surface area (Å²) >= 11 is 0. The molecule has 2 aliphatic carbocycles. The van der Waals surface area contributed by atoms with Crippen LogP contribution in [0.25, 0.3) is 33.6 Å². The van der Waals surface area contributed by atoms with E-state index in [1.165, 1.54) is 25.2 Å². The van der Waals surface area contributed by atoms with Crippen LogP contribution < -0.4 is 21.5 Å². The van der Waals surface area contributed by atoms with Crippen molar-refractivity contribution in [2.75, 3.05) is 19.0 Å². The number of pyridine rings is 1. The number of aromatic nitrogens is 6. The number of primary amides is 1. The van der Waals surface area contributed by atoms with E-state index in [9.17, 15) is 9.59 Å². The van der Waals surface area contributed by atoms with E-state index in [-0.39, 0.29) is 23.8 Å². The average Bonchev–Trinajstić information content (AvgIpc) is 3.45. The number of ether oxygens (including phenoxy) is 1. The van der Waals surface area contributed by atoms with Gasteiger partial charge >= 0.3 is 0 Å². The summed E-state index contributed by atoms with van der Waals surface area (Å²) < 4.78 is 10.1. The largest absolute Gasteiger partial charge is 0.494 e. The molecule has 13 heteroatoms. The van der Waals surface area contributed by atoms with Crippen LogP contribution in [0, 0.1) is 11.8 Å². The van der Waals surface area contributed by atoms with E-state index in [4.69, 9.17) is 26.2 Å². The van der Waals surface area contributed by atoms with Gasteiger partial charge in [0.25, 0.3) is 11.8 Å². The first kappa shape index (κ1) is 27.5. The van der Waals surface area contributed by atoms with Crippen molar-refractivity contribution in [3.63, 3.8) is 0 Å². The van der Waals surface area contributed by atoms with Crippen LogP contribution >= 0.6 is 0 Å². The van der Waals surface area contributed by atoms with Gasteiger partial charge in [-0.25, -0.2) is 19.9 Å². The normalized spacial score (nSPS) is 20.8. The first-order valence-corrected chi connectivity index (χ1v) is 15.3. The minimum Gasteiger partial charge on any atom is -0.494 e. The van der Waals surface area contributed by atoms with Crippen molar-refractivity contribution < 1.29 is 14.3 Å². The van der Waals surface area contributed by atoms with Gasteiger partial charge in [0, 0.05) is 43.2 Å². The minimum atomic E-state index is -0.683. The number of hydrogen-bond donors (Lipinski definition) is 3. The van der Waals surface area contributed by atoms with Crippen LogP contribution in [0.1, 0.15) is 46.7 Å². The predicted molar refractivity (Wildman–Crippen MR) is 168 cm³/mol. The number of nitrogens with zero attached hydrogens (tertiary/aromatic N) is 7. The van der Waals surface area contributed by atoms with Crippen molar-refractivity contribution in [1.82, 2.24) is 34.0 Å². The van der Waals surface area contributed by atoms with Gasteiger partial charge in [-0.1, -0.05) is 0 Å². The summed E-state index contributed by atoms with van der Waals surface area (Å²) in [6.07, 6.45) is 7.39. The summed E-state index contributed by atoms with van der Waals surface area (Å²) in [4.78, 5) is 45.1. The molecule has 4 aromatic heterocycles. The molecule has 45 heavy (non-hydrogen) atoms. The fourth-order valence-corrected chi connectivity index (χ4v) is 7.06. The van der Waals surface area contributed by atoms with Crippen molar-refractivity contribution >= 4 is 45.4 Å². The number of likely N-dealkylation sites (tertiary alicyclic amines) is 1. The molecule has 0 spiro atoms. The molecule has 0 radical (unpaired) electrons. The van der Waals surface area contributed by atoms with Crippen LogP contribution in [-0.4, -0.2) is 71.5 Å². The molecule has 1 saturated heterocycles. The van der Waals surface area contributed by atoms with E-state index in [0.29, 0.717) is 46.7 Å². The van der Waals surface area contributed by atoms with Crippen molar-refractivity contribution in [3.05, 3.63) is 54.1 Å². The lowest BCUT2D eigenvalue weighted by Crippen LogP contribution is -2.41. The molecule has 230 valence electrons. The van der Waals surface area contributed by atoms with Gasteiger partial charge in [0.2, 0.25) is 5.82 Å². The summed E-state index contributed by atoms with van der Waals surface area (Å²) in [7, 11) is 3.60. The standard InChI is InChI=1S/C32H34N10O3/c1-40-27-21(9-19(11-24(27)45-2)32(44)42-15-18-5-7-22(42)26(18)33)38-31(40)23-10-17-6-8-25(39-30(17)41(23)14-16-3-4-16)37-20-12-35-29(28(34)43)36-13-20/h6,8-13,16,18,22,26H,3-5,7,14-15,33H2,1-2H3,(H2,34,43)(H,37,39)/t18?,22?,26-/m1/s1. The van der Waals surface area contributed by atoms with Crippen LogP contribution in [0.2, 0.25) is 0 Å². The quantitative estimate of drug-likeness (QED) is 0.240. The Morgan fingerprint density at radius 1 is 1.07 bits per heavy atom. The van der Waals surface area contributed by atoms with Gasteiger partial charge in [-0.05, 0) is 67.9 Å². The van der Waals surface area contributed by atoms with Crippen molar-refractivity contribution in [2.24, 2.45) is 30.4 Å². The third-order valence-corrected chi connectivity index (χ3v) is 9.57. The number of piperidine rings is 1. The van der Waals surface area contributed by atoms with E-state index in [1.807, 2.05) is 40.8 Å². The highest BCUT2D eigenvalue weighted by Gasteiger charge is 2.47. The third kappa shape index (κ3) is 4.57. The van der Waals surface area contributed by atoms with Crippen molar-refractivity contribution in [1.29, 1.82) is 0 Å². The molecule has 5 heterocycles. The first-order valence-electron chi connectivity index (χ1n) is 15.3. The number of nitrogens with one attached hydrogen (secondary N) is 1. The zero-order valence-corrected chi connectivity index (χ0v) is 25.1. The molecular formula is C32H34N10O3. The number of fused-ring (bicyclic) bond motifs is 4. The number of methoxy groups -OCH3 is 1. The Morgan fingerprint density at radius 2 is 1.87 bits per heavy atom. The summed E-state index contributed by atoms with van der Waals surface area (Å²) in [5.74, 6) is 2.18. The highest BCUT2D eigenvalue weighted by molar-refractivity contribution is 6.00. The molecule has 3 fully saturated rings. The second kappa shape index (κ2) is 10.3. The van der Waals surface area contributed by atoms with Crippen LogP contribution in [0.5, 0.6) is 5.75 Å². The molecule has 3 atom stereocenters. The zero-order chi connectivity index (χ0) is 31.0. The van der Waals surface area contributed by atoms with E-state index >= 15 is 0 Å². The summed E-state index contributed by atoms with van der Waals surface area (Å²) in [5, 5.41) is 4.20. The second-order valence-corrected chi connectivity index (χ2v) is 12.5. The Kier molecular flexibility index (Phi) is 6.27. The smallest absolute Gasteiger partial charge is 0.286 e. The number of carbonyl (C=O) groups excluding carboxylic acids is 2. The lowest BCUT2D eigenvalue weighted by Gasteiger charge is -2.27. The average molecular weight is 607 g/mol. The van der Waals surface area contributed by atoms with Gasteiger partial charge in [-0.3, -0.25) is 9.59 Å². The van der Waals surface area contributed by atoms with Gasteiger partial charge < -0.3 is 35.6 Å². The Morgan fingerprint density at radius 3 is 2.53 bits per heavy atom. The molecule has 2 amide bonds. The molecule has 8 rings (SSSR count). The maximum Gasteiger partial charge on any atom is 0.286 e. The van der Waals surface area contributed by atoms with Crippen LogP contribution in [0.3, 0.4) is 0 Å². The number of anilines is 2. The van der Waals surface area contributed by atoms with E-state index in [2.05, 4.69) is 25.9 Å². The van der Waals surface area contributed by atoms with Gasteiger partial charge in [0.05, 0.1) is 36.4 Å². The third-order valence-electron chi connectivity index (χ3n) is 9.57. The lowest BCUT2D eigenvalue weighted by molar-refractivity contribution is 0.0700. The maximum absolute atomic E-state index is 13.7. The van der Waals surface area contributed by atoms with E-state index in [0.717, 1.165) is 47.5 Å². The number of imidazole rings is 1. The number of rotatable bonds is 8. The topological polar surface area (TPSA) is 172 Å². The highest BCUT2D eigenvalue weighted by Crippen LogP contribution is 2.40. The van der Waals surface area contributed by atoms with Gasteiger partial charge in [0.15, 0.2) is 5.82 Å². The van der Waals surface area contributed by atoms with E-state index in [1.54, 1.807) is 7.11 Å². The van der Waals surface area contributed by atoms with Gasteiger partial charge in [-0.2, -0.15) is 0 Å². The fourth-order valence-electron chi connectivity index (χ4n) is 7.06. The van der Waals surface area contributed by atoms with Crippen molar-refractivity contribution in [3.8, 4) is 17.3 Å². The SMILES string of the molecule is COc1cc(C(=O)N2CC3CCC2[C@@H]3N)cc2nc(-c3cc4ccc(Nc5cnc(C(N)=O)nc5)nc4n3CC3CC3)n(C)c12. The van der Waals surface area contributed by atoms with Gasteiger partial charge in [-0.15, -0.1) is 0 Å². The van der Waals surface area contributed by atoms with Crippen molar-refractivity contribution in [2.45, 2.75) is 44.3 Å². The van der Waals surface area contributed by atoms with Gasteiger partial charge in [0.1, 0.15) is 22.7 Å². The zero-order valence-electron chi connectivity index (χ0n) is 25.1. The summed E-state index contributed by atoms with van der Waals surface area (Å²) in [6, 6.07) is 9.87. The Labute approximate surface area is 258 Å². The maximum atomic E-state index is 13.7. The number of aryl methyl sites for hydroxylation is 1. The minimum absolute atomic E-state index is 0.0215. The highest BCUT2D eigenvalue weighted by atomic mass is 16.5. The fraction of sp³-hybridized carbons (Fsp3) is 0.375. The summed E-state index contributed by atoms with van der Waals surface area (Å²) in [5.41, 5.74) is 16.1. The molecule has 2 unspecified atom stereocenters. The van der Waals surface area contributed by atoms with Crippen LogP contribution in [0.15, 0.2) is 42.7 Å². The predicted octanol–water partition coefficient (Wildman–Crippen LogP) is 3.20. The molecule has 1 aromatic carbocycles. The molecule has 1 aliphatic heterocycles. The molecule has 5 aromatic rings.